The van der Waals surface area contributed by atoms with E-state index >= 15 is 0 Å². The summed E-state index contributed by atoms with van der Waals surface area (Å²) in [7, 11) is 1.63. The molecule has 4 rings (SSSR count). The Morgan fingerprint density at radius 1 is 1.21 bits per heavy atom. The maximum Gasteiger partial charge on any atom is 0.410 e. The van der Waals surface area contributed by atoms with Crippen molar-refractivity contribution in [1.29, 1.82) is 0 Å². The van der Waals surface area contributed by atoms with Crippen molar-refractivity contribution >= 4 is 11.6 Å². The fraction of sp³-hybridized carbons (Fsp3) is 0.480. The van der Waals surface area contributed by atoms with Gasteiger partial charge in [-0.15, -0.1) is 0 Å². The molecule has 1 saturated heterocycles. The van der Waals surface area contributed by atoms with Gasteiger partial charge in [0.2, 0.25) is 0 Å². The van der Waals surface area contributed by atoms with Gasteiger partial charge in [0.05, 0.1) is 19.9 Å². The number of likely N-dealkylation sites (tertiary alicyclic amines) is 1. The number of methoxy groups -OCH3 is 1. The van der Waals surface area contributed by atoms with Gasteiger partial charge in [0.1, 0.15) is 22.7 Å². The molecular formula is C25H32N4O4. The van der Waals surface area contributed by atoms with Gasteiger partial charge in [-0.2, -0.15) is 0 Å². The van der Waals surface area contributed by atoms with Crippen LogP contribution in [0.5, 0.6) is 5.75 Å². The van der Waals surface area contributed by atoms with Crippen LogP contribution in [0, 0.1) is 6.92 Å². The zero-order valence-corrected chi connectivity index (χ0v) is 20.2. The van der Waals surface area contributed by atoms with Crippen molar-refractivity contribution in [3.63, 3.8) is 0 Å². The van der Waals surface area contributed by atoms with E-state index in [2.05, 4.69) is 11.9 Å². The molecule has 176 valence electrons. The fourth-order valence-electron chi connectivity index (χ4n) is 4.39. The van der Waals surface area contributed by atoms with Gasteiger partial charge in [0.15, 0.2) is 0 Å². The van der Waals surface area contributed by atoms with Crippen molar-refractivity contribution in [2.75, 3.05) is 20.2 Å². The maximum atomic E-state index is 13.3. The minimum Gasteiger partial charge on any atom is -0.497 e. The summed E-state index contributed by atoms with van der Waals surface area (Å²) >= 11 is 0. The van der Waals surface area contributed by atoms with Crippen molar-refractivity contribution in [3.05, 3.63) is 64.1 Å². The van der Waals surface area contributed by atoms with Crippen LogP contribution < -0.4 is 10.3 Å². The fourth-order valence-corrected chi connectivity index (χ4v) is 4.39. The highest BCUT2D eigenvalue weighted by molar-refractivity contribution is 5.69. The highest BCUT2D eigenvalue weighted by atomic mass is 16.6. The van der Waals surface area contributed by atoms with Gasteiger partial charge >= 0.3 is 6.09 Å². The third-order valence-corrected chi connectivity index (χ3v) is 6.17. The Hall–Kier alpha value is -3.29. The summed E-state index contributed by atoms with van der Waals surface area (Å²) in [5, 5.41) is 0. The number of amides is 1. The summed E-state index contributed by atoms with van der Waals surface area (Å²) in [5.74, 6) is 1.57. The van der Waals surface area contributed by atoms with Crippen LogP contribution in [0.2, 0.25) is 0 Å². The first kappa shape index (κ1) is 22.9. The van der Waals surface area contributed by atoms with Crippen LogP contribution in [-0.2, 0) is 16.7 Å². The van der Waals surface area contributed by atoms with Crippen LogP contribution in [-0.4, -0.2) is 50.7 Å². The highest BCUT2D eigenvalue weighted by Crippen LogP contribution is 2.34. The number of ether oxygens (including phenoxy) is 2. The van der Waals surface area contributed by atoms with E-state index in [1.165, 1.54) is 0 Å². The minimum atomic E-state index is -0.540. The van der Waals surface area contributed by atoms with E-state index in [-0.39, 0.29) is 17.1 Å². The van der Waals surface area contributed by atoms with E-state index in [4.69, 9.17) is 9.47 Å². The zero-order chi connectivity index (χ0) is 24.0. The number of nitrogens with zero attached hydrogens (tertiary/aromatic N) is 4. The molecule has 0 spiro atoms. The van der Waals surface area contributed by atoms with E-state index in [1.54, 1.807) is 22.8 Å². The van der Waals surface area contributed by atoms with Crippen molar-refractivity contribution in [2.24, 2.45) is 0 Å². The molecule has 0 N–H and O–H groups in total. The third-order valence-electron chi connectivity index (χ3n) is 6.17. The predicted octanol–water partition coefficient (Wildman–Crippen LogP) is 3.76. The lowest BCUT2D eigenvalue weighted by Crippen LogP contribution is -2.38. The maximum absolute atomic E-state index is 13.3. The molecule has 1 amide bonds. The first-order valence-corrected chi connectivity index (χ1v) is 11.2. The van der Waals surface area contributed by atoms with E-state index in [0.717, 1.165) is 29.3 Å². The Balaban J connectivity index is 1.63. The lowest BCUT2D eigenvalue weighted by atomic mass is 9.89. The van der Waals surface area contributed by atoms with Gasteiger partial charge in [0, 0.05) is 30.4 Å². The first-order chi connectivity index (χ1) is 15.5. The Bertz CT molecular complexity index is 1240. The topological polar surface area (TPSA) is 78.1 Å². The molecule has 3 aromatic rings. The molecule has 8 heteroatoms. The molecule has 1 unspecified atom stereocenters. The lowest BCUT2D eigenvalue weighted by molar-refractivity contribution is 0.0284. The average molecular weight is 453 g/mol. The van der Waals surface area contributed by atoms with Crippen LogP contribution >= 0.6 is 0 Å². The molecule has 33 heavy (non-hydrogen) atoms. The lowest BCUT2D eigenvalue weighted by Gasteiger charge is -2.26. The van der Waals surface area contributed by atoms with Crippen molar-refractivity contribution < 1.29 is 14.3 Å². The number of rotatable bonds is 4. The number of benzene rings is 1. The average Bonchev–Trinajstić information content (AvgIpc) is 3.35. The summed E-state index contributed by atoms with van der Waals surface area (Å²) in [6, 6.07) is 7.70. The summed E-state index contributed by atoms with van der Waals surface area (Å²) in [5.41, 5.74) is 1.39. The van der Waals surface area contributed by atoms with Gasteiger partial charge in [-0.05, 0) is 51.8 Å². The Morgan fingerprint density at radius 3 is 2.55 bits per heavy atom. The van der Waals surface area contributed by atoms with Crippen LogP contribution in [0.4, 0.5) is 4.79 Å². The van der Waals surface area contributed by atoms with Crippen LogP contribution in [0.3, 0.4) is 0 Å². The normalized spacial score (nSPS) is 18.7. The Labute approximate surface area is 193 Å². The van der Waals surface area contributed by atoms with Crippen molar-refractivity contribution in [3.8, 4) is 5.75 Å². The van der Waals surface area contributed by atoms with Crippen LogP contribution in [0.25, 0.3) is 5.52 Å². The number of carbonyl (C=O) groups excluding carboxylic acids is 1. The highest BCUT2D eigenvalue weighted by Gasteiger charge is 2.42. The zero-order valence-electron chi connectivity index (χ0n) is 20.2. The molecule has 1 aromatic carbocycles. The number of aryl methyl sites for hydroxylation is 1. The van der Waals surface area contributed by atoms with Gasteiger partial charge < -0.3 is 18.9 Å². The molecule has 2 aromatic heterocycles. The number of imidazole rings is 1. The van der Waals surface area contributed by atoms with E-state index in [9.17, 15) is 9.59 Å². The summed E-state index contributed by atoms with van der Waals surface area (Å²) in [4.78, 5) is 32.3. The smallest absolute Gasteiger partial charge is 0.410 e. The van der Waals surface area contributed by atoms with Gasteiger partial charge in [-0.25, -0.2) is 9.78 Å². The largest absolute Gasteiger partial charge is 0.497 e. The first-order valence-electron chi connectivity index (χ1n) is 11.2. The van der Waals surface area contributed by atoms with Crippen LogP contribution in [0.15, 0.2) is 41.5 Å². The number of hydrogen-bond donors (Lipinski definition) is 0. The summed E-state index contributed by atoms with van der Waals surface area (Å²) < 4.78 is 14.4. The minimum absolute atomic E-state index is 0.0878. The number of hydrogen-bond acceptors (Lipinski definition) is 5. The van der Waals surface area contributed by atoms with E-state index < -0.39 is 5.60 Å². The van der Waals surface area contributed by atoms with Gasteiger partial charge in [-0.3, -0.25) is 9.20 Å². The quantitative estimate of drug-likeness (QED) is 0.602. The van der Waals surface area contributed by atoms with E-state index in [1.807, 2.05) is 62.6 Å². The molecule has 0 radical (unpaired) electrons. The second-order valence-electron chi connectivity index (χ2n) is 10.1. The molecule has 1 aliphatic rings. The molecule has 0 aliphatic carbocycles. The SMILES string of the molecule is COc1ccc(Cn2c(C)cn3c(C4(C)CCN(C(=O)OC(C)(C)C)C4)ncc3c2=O)cc1. The number of fused-ring (bicyclic) bond motifs is 1. The molecule has 1 atom stereocenters. The number of carbonyl (C=O) groups is 1. The summed E-state index contributed by atoms with van der Waals surface area (Å²) in [6.07, 6.45) is 4.04. The molecule has 1 fully saturated rings. The van der Waals surface area contributed by atoms with Crippen molar-refractivity contribution in [1.82, 2.24) is 18.9 Å². The number of aromatic nitrogens is 3. The monoisotopic (exact) mass is 452 g/mol. The second-order valence-corrected chi connectivity index (χ2v) is 10.1. The molecule has 0 bridgehead atoms. The van der Waals surface area contributed by atoms with Gasteiger partial charge in [0.25, 0.3) is 5.56 Å². The molecule has 1 aliphatic heterocycles. The second kappa shape index (κ2) is 8.24. The molecule has 0 saturated carbocycles. The molecular weight excluding hydrogens is 420 g/mol. The van der Waals surface area contributed by atoms with E-state index in [0.29, 0.717) is 25.2 Å². The predicted molar refractivity (Wildman–Crippen MR) is 126 cm³/mol. The standard InChI is InChI=1S/C25H32N4O4/c1-17-14-29-20(21(30)28(17)15-18-7-9-19(32-6)10-8-18)13-26-22(29)25(5)11-12-27(16-25)23(31)33-24(2,3)4/h7-10,13-14H,11-12,15-16H2,1-6H3. The summed E-state index contributed by atoms with van der Waals surface area (Å²) in [6.45, 7) is 11.2. The van der Waals surface area contributed by atoms with Crippen LogP contribution in [0.1, 0.15) is 51.2 Å². The third kappa shape index (κ3) is 4.47. The Morgan fingerprint density at radius 2 is 1.91 bits per heavy atom. The molecule has 3 heterocycles. The Kier molecular flexibility index (Phi) is 5.72. The van der Waals surface area contributed by atoms with Crippen molar-refractivity contribution in [2.45, 2.75) is 58.6 Å². The van der Waals surface area contributed by atoms with Gasteiger partial charge in [-0.1, -0.05) is 19.1 Å². The molecule has 8 nitrogen and oxygen atoms in total.